The van der Waals surface area contributed by atoms with Crippen molar-refractivity contribution >= 4 is 34.8 Å². The van der Waals surface area contributed by atoms with Crippen molar-refractivity contribution in [2.24, 2.45) is 11.8 Å². The molecule has 2 amide bonds. The molecule has 2 atom stereocenters. The Bertz CT molecular complexity index is 884. The fourth-order valence-electron chi connectivity index (χ4n) is 2.92. The van der Waals surface area contributed by atoms with Crippen LogP contribution in [0.4, 0.5) is 11.4 Å². The first-order valence-electron chi connectivity index (χ1n) is 8.53. The van der Waals surface area contributed by atoms with Crippen LogP contribution in [-0.2, 0) is 9.59 Å². The zero-order valence-corrected chi connectivity index (χ0v) is 16.1. The molecule has 0 heterocycles. The summed E-state index contributed by atoms with van der Waals surface area (Å²) in [6.45, 7) is 1.96. The molecule has 0 aromatic heterocycles. The predicted molar refractivity (Wildman–Crippen MR) is 105 cm³/mol. The molecule has 0 aliphatic heterocycles. The van der Waals surface area contributed by atoms with E-state index < -0.39 is 0 Å². The molecule has 1 aliphatic rings. The van der Waals surface area contributed by atoms with Crippen LogP contribution >= 0.6 is 11.6 Å². The van der Waals surface area contributed by atoms with Crippen molar-refractivity contribution < 1.29 is 19.1 Å². The van der Waals surface area contributed by atoms with E-state index in [2.05, 4.69) is 10.6 Å². The number of aryl methyl sites for hydroxylation is 1. The molecule has 7 heteroatoms. The van der Waals surface area contributed by atoms with E-state index in [-0.39, 0.29) is 23.7 Å². The molecule has 0 radical (unpaired) electrons. The van der Waals surface area contributed by atoms with Crippen LogP contribution in [0.5, 0.6) is 11.5 Å². The van der Waals surface area contributed by atoms with Crippen molar-refractivity contribution in [1.29, 1.82) is 0 Å². The van der Waals surface area contributed by atoms with Crippen LogP contribution in [0.3, 0.4) is 0 Å². The second kappa shape index (κ2) is 7.88. The standard InChI is InChI=1S/C20H21ClN2O4/c1-11-5-4-6-12(7-11)22-19(24)13-8-14(13)20(25)23-16-10-17(26-2)15(21)9-18(16)27-3/h4-7,9-10,13-14H,8H2,1-3H3,(H,22,24)(H,23,25). The number of carbonyl (C=O) groups excluding carboxylic acids is 2. The fraction of sp³-hybridized carbons (Fsp3) is 0.300. The molecule has 0 saturated heterocycles. The van der Waals surface area contributed by atoms with Crippen LogP contribution in [0.2, 0.25) is 5.02 Å². The minimum absolute atomic E-state index is 0.151. The van der Waals surface area contributed by atoms with Gasteiger partial charge in [0.2, 0.25) is 11.8 Å². The third-order valence-electron chi connectivity index (χ3n) is 4.48. The number of anilines is 2. The minimum atomic E-state index is -0.374. The van der Waals surface area contributed by atoms with Gasteiger partial charge in [-0.3, -0.25) is 9.59 Å². The predicted octanol–water partition coefficient (Wildman–Crippen LogP) is 3.88. The van der Waals surface area contributed by atoms with Gasteiger partial charge in [-0.1, -0.05) is 23.7 Å². The lowest BCUT2D eigenvalue weighted by Gasteiger charge is -2.13. The van der Waals surface area contributed by atoms with Crippen molar-refractivity contribution in [2.45, 2.75) is 13.3 Å². The maximum absolute atomic E-state index is 12.5. The number of benzene rings is 2. The summed E-state index contributed by atoms with van der Waals surface area (Å²) in [6, 6.07) is 10.7. The summed E-state index contributed by atoms with van der Waals surface area (Å²) in [7, 11) is 2.98. The highest BCUT2D eigenvalue weighted by molar-refractivity contribution is 6.32. The average molecular weight is 389 g/mol. The fourth-order valence-corrected chi connectivity index (χ4v) is 3.15. The first kappa shape index (κ1) is 19.0. The van der Waals surface area contributed by atoms with Crippen LogP contribution < -0.4 is 20.1 Å². The number of carbonyl (C=O) groups is 2. The summed E-state index contributed by atoms with van der Waals surface area (Å²) in [5.74, 6) is -0.247. The molecule has 0 spiro atoms. The Morgan fingerprint density at radius 2 is 1.67 bits per heavy atom. The zero-order valence-electron chi connectivity index (χ0n) is 15.3. The van der Waals surface area contributed by atoms with Gasteiger partial charge in [0.15, 0.2) is 0 Å². The molecule has 1 aliphatic carbocycles. The molecular formula is C20H21ClN2O4. The second-order valence-electron chi connectivity index (χ2n) is 6.48. The Morgan fingerprint density at radius 1 is 1.00 bits per heavy atom. The quantitative estimate of drug-likeness (QED) is 0.787. The van der Waals surface area contributed by atoms with Gasteiger partial charge < -0.3 is 20.1 Å². The van der Waals surface area contributed by atoms with Crippen molar-refractivity contribution in [2.75, 3.05) is 24.9 Å². The van der Waals surface area contributed by atoms with Gasteiger partial charge in [0.1, 0.15) is 11.5 Å². The van der Waals surface area contributed by atoms with E-state index in [9.17, 15) is 9.59 Å². The molecule has 2 aromatic rings. The van der Waals surface area contributed by atoms with E-state index in [4.69, 9.17) is 21.1 Å². The van der Waals surface area contributed by atoms with E-state index >= 15 is 0 Å². The Hall–Kier alpha value is -2.73. The SMILES string of the molecule is COc1cc(NC(=O)C2CC2C(=O)Nc2cccc(C)c2)c(OC)cc1Cl. The first-order valence-corrected chi connectivity index (χ1v) is 8.90. The normalized spacial score (nSPS) is 17.8. The van der Waals surface area contributed by atoms with Gasteiger partial charge in [-0.2, -0.15) is 0 Å². The largest absolute Gasteiger partial charge is 0.495 e. The maximum Gasteiger partial charge on any atom is 0.228 e. The lowest BCUT2D eigenvalue weighted by molar-refractivity contribution is -0.122. The van der Waals surface area contributed by atoms with Gasteiger partial charge in [0.25, 0.3) is 0 Å². The Labute approximate surface area is 162 Å². The van der Waals surface area contributed by atoms with Crippen LogP contribution in [0.15, 0.2) is 36.4 Å². The lowest BCUT2D eigenvalue weighted by atomic mass is 10.2. The number of nitrogens with one attached hydrogen (secondary N) is 2. The van der Waals surface area contributed by atoms with E-state index in [0.717, 1.165) is 11.3 Å². The smallest absolute Gasteiger partial charge is 0.228 e. The topological polar surface area (TPSA) is 76.7 Å². The minimum Gasteiger partial charge on any atom is -0.495 e. The summed E-state index contributed by atoms with van der Waals surface area (Å²) in [5, 5.41) is 6.04. The number of halogens is 1. The molecule has 0 bridgehead atoms. The Morgan fingerprint density at radius 3 is 2.30 bits per heavy atom. The third-order valence-corrected chi connectivity index (χ3v) is 4.78. The maximum atomic E-state index is 12.5. The Balaban J connectivity index is 1.64. The van der Waals surface area contributed by atoms with E-state index in [1.165, 1.54) is 14.2 Å². The molecule has 2 aromatic carbocycles. The first-order chi connectivity index (χ1) is 12.9. The average Bonchev–Trinajstić information content (AvgIpc) is 3.44. The monoisotopic (exact) mass is 388 g/mol. The second-order valence-corrected chi connectivity index (χ2v) is 6.89. The van der Waals surface area contributed by atoms with Gasteiger partial charge in [-0.15, -0.1) is 0 Å². The summed E-state index contributed by atoms with van der Waals surface area (Å²) < 4.78 is 10.4. The molecule has 3 rings (SSSR count). The van der Waals surface area contributed by atoms with Crippen LogP contribution in [-0.4, -0.2) is 26.0 Å². The summed E-state index contributed by atoms with van der Waals surface area (Å²) in [4.78, 5) is 24.9. The van der Waals surface area contributed by atoms with Crippen molar-refractivity contribution in [3.05, 3.63) is 47.0 Å². The number of hydrogen-bond acceptors (Lipinski definition) is 4. The molecular weight excluding hydrogens is 368 g/mol. The molecule has 2 N–H and O–H groups in total. The number of amides is 2. The zero-order chi connectivity index (χ0) is 19.6. The molecule has 1 saturated carbocycles. The molecule has 2 unspecified atom stereocenters. The van der Waals surface area contributed by atoms with Crippen LogP contribution in [0.25, 0.3) is 0 Å². The number of rotatable bonds is 6. The highest BCUT2D eigenvalue weighted by Gasteiger charge is 2.48. The van der Waals surface area contributed by atoms with Gasteiger partial charge in [0, 0.05) is 17.8 Å². The van der Waals surface area contributed by atoms with Gasteiger partial charge in [-0.25, -0.2) is 0 Å². The molecule has 1 fully saturated rings. The summed E-state index contributed by atoms with van der Waals surface area (Å²) >= 11 is 6.07. The van der Waals surface area contributed by atoms with Crippen molar-refractivity contribution in [1.82, 2.24) is 0 Å². The van der Waals surface area contributed by atoms with Crippen LogP contribution in [0.1, 0.15) is 12.0 Å². The highest BCUT2D eigenvalue weighted by Crippen LogP contribution is 2.42. The Kier molecular flexibility index (Phi) is 5.56. The van der Waals surface area contributed by atoms with Crippen molar-refractivity contribution in [3.63, 3.8) is 0 Å². The summed E-state index contributed by atoms with van der Waals surface area (Å²) in [6.07, 6.45) is 0.510. The number of hydrogen-bond donors (Lipinski definition) is 2. The number of methoxy groups -OCH3 is 2. The van der Waals surface area contributed by atoms with E-state index in [0.29, 0.717) is 28.6 Å². The van der Waals surface area contributed by atoms with Gasteiger partial charge in [0.05, 0.1) is 36.8 Å². The van der Waals surface area contributed by atoms with Gasteiger partial charge in [-0.05, 0) is 31.0 Å². The summed E-state index contributed by atoms with van der Waals surface area (Å²) in [5.41, 5.74) is 2.24. The molecule has 27 heavy (non-hydrogen) atoms. The third kappa shape index (κ3) is 4.34. The number of ether oxygens (including phenoxy) is 2. The molecule has 142 valence electrons. The van der Waals surface area contributed by atoms with E-state index in [1.54, 1.807) is 12.1 Å². The lowest BCUT2D eigenvalue weighted by Crippen LogP contribution is -2.20. The van der Waals surface area contributed by atoms with Crippen molar-refractivity contribution in [3.8, 4) is 11.5 Å². The van der Waals surface area contributed by atoms with Crippen LogP contribution in [0, 0.1) is 18.8 Å². The van der Waals surface area contributed by atoms with E-state index in [1.807, 2.05) is 31.2 Å². The van der Waals surface area contributed by atoms with Gasteiger partial charge >= 0.3 is 0 Å². The highest BCUT2D eigenvalue weighted by atomic mass is 35.5. The molecule has 6 nitrogen and oxygen atoms in total.